The summed E-state index contributed by atoms with van der Waals surface area (Å²) in [5, 5.41) is 2.97. The first kappa shape index (κ1) is 8.96. The minimum Gasteiger partial charge on any atom is -0.360 e. The molecule has 0 amide bonds. The number of hydrogen-bond donors (Lipinski definition) is 1. The minimum atomic E-state index is -3.01. The van der Waals surface area contributed by atoms with Crippen molar-refractivity contribution in [1.82, 2.24) is 5.32 Å². The van der Waals surface area contributed by atoms with Crippen LogP contribution in [0.4, 0.5) is 0 Å². The zero-order chi connectivity index (χ0) is 8.32. The highest BCUT2D eigenvalue weighted by Gasteiger charge is 2.25. The van der Waals surface area contributed by atoms with Gasteiger partial charge in [0.1, 0.15) is 0 Å². The number of morpholine rings is 1. The Balaban J connectivity index is 2.58. The van der Waals surface area contributed by atoms with E-state index in [0.29, 0.717) is 13.2 Å². The second kappa shape index (κ2) is 3.51. The molecule has 1 N–H and O–H groups in total. The maximum absolute atomic E-state index is 11.2. The van der Waals surface area contributed by atoms with Gasteiger partial charge in [0.25, 0.3) is 0 Å². The molecule has 1 unspecified atom stereocenters. The molecule has 1 heterocycles. The Kier molecular flexibility index (Phi) is 2.86. The summed E-state index contributed by atoms with van der Waals surface area (Å²) in [6.07, 6.45) is 0. The SMILES string of the molecule is CCS(=O)(=O)C1CNCCO1. The second-order valence-corrected chi connectivity index (χ2v) is 4.88. The molecule has 0 saturated carbocycles. The van der Waals surface area contributed by atoms with Crippen molar-refractivity contribution in [2.75, 3.05) is 25.4 Å². The average molecular weight is 179 g/mol. The molecule has 0 aliphatic carbocycles. The van der Waals surface area contributed by atoms with E-state index >= 15 is 0 Å². The van der Waals surface area contributed by atoms with Crippen LogP contribution in [-0.4, -0.2) is 39.3 Å². The van der Waals surface area contributed by atoms with Gasteiger partial charge in [-0.3, -0.25) is 0 Å². The Hall–Kier alpha value is -0.130. The van der Waals surface area contributed by atoms with E-state index in [1.54, 1.807) is 6.92 Å². The van der Waals surface area contributed by atoms with Gasteiger partial charge in [-0.25, -0.2) is 8.42 Å². The third kappa shape index (κ3) is 2.15. The number of hydrogen-bond acceptors (Lipinski definition) is 4. The lowest BCUT2D eigenvalue weighted by Gasteiger charge is -2.22. The van der Waals surface area contributed by atoms with Crippen LogP contribution < -0.4 is 5.32 Å². The third-order valence-electron chi connectivity index (χ3n) is 1.70. The van der Waals surface area contributed by atoms with Gasteiger partial charge in [-0.05, 0) is 0 Å². The molecule has 1 rings (SSSR count). The Morgan fingerprint density at radius 3 is 2.82 bits per heavy atom. The second-order valence-electron chi connectivity index (χ2n) is 2.46. The van der Waals surface area contributed by atoms with Crippen LogP contribution in [0.5, 0.6) is 0 Å². The monoisotopic (exact) mass is 179 g/mol. The smallest absolute Gasteiger partial charge is 0.178 e. The molecule has 1 aliphatic heterocycles. The van der Waals surface area contributed by atoms with Gasteiger partial charge in [0.05, 0.1) is 12.4 Å². The van der Waals surface area contributed by atoms with Crippen LogP contribution in [0.3, 0.4) is 0 Å². The molecule has 1 atom stereocenters. The van der Waals surface area contributed by atoms with Crippen molar-refractivity contribution in [3.8, 4) is 0 Å². The van der Waals surface area contributed by atoms with Crippen molar-refractivity contribution >= 4 is 9.84 Å². The molecular formula is C6H13NO3S. The zero-order valence-electron chi connectivity index (χ0n) is 6.54. The Morgan fingerprint density at radius 1 is 1.64 bits per heavy atom. The number of rotatable bonds is 2. The molecule has 0 bridgehead atoms. The fourth-order valence-electron chi connectivity index (χ4n) is 0.958. The van der Waals surface area contributed by atoms with Gasteiger partial charge in [0.15, 0.2) is 15.3 Å². The Bertz CT molecular complexity index is 206. The summed E-state index contributed by atoms with van der Waals surface area (Å²) in [5.74, 6) is 0.152. The quantitative estimate of drug-likeness (QED) is 0.613. The third-order valence-corrected chi connectivity index (χ3v) is 3.61. The largest absolute Gasteiger partial charge is 0.360 e. The van der Waals surface area contributed by atoms with Crippen molar-refractivity contribution in [3.05, 3.63) is 0 Å². The van der Waals surface area contributed by atoms with Gasteiger partial charge in [-0.2, -0.15) is 0 Å². The molecule has 0 radical (unpaired) electrons. The molecule has 0 aromatic carbocycles. The van der Waals surface area contributed by atoms with Crippen LogP contribution in [0.1, 0.15) is 6.92 Å². The van der Waals surface area contributed by atoms with Gasteiger partial charge < -0.3 is 10.1 Å². The maximum Gasteiger partial charge on any atom is 0.178 e. The summed E-state index contributed by atoms with van der Waals surface area (Å²) < 4.78 is 27.5. The first-order chi connectivity index (χ1) is 5.17. The van der Waals surface area contributed by atoms with Crippen LogP contribution in [0.15, 0.2) is 0 Å². The zero-order valence-corrected chi connectivity index (χ0v) is 7.36. The van der Waals surface area contributed by atoms with Crippen LogP contribution in [0.25, 0.3) is 0 Å². The maximum atomic E-state index is 11.2. The first-order valence-electron chi connectivity index (χ1n) is 3.70. The lowest BCUT2D eigenvalue weighted by Crippen LogP contribution is -2.43. The van der Waals surface area contributed by atoms with E-state index in [1.165, 1.54) is 0 Å². The molecule has 4 nitrogen and oxygen atoms in total. The van der Waals surface area contributed by atoms with E-state index in [-0.39, 0.29) is 5.75 Å². The summed E-state index contributed by atoms with van der Waals surface area (Å²) in [6, 6.07) is 0. The van der Waals surface area contributed by atoms with E-state index in [4.69, 9.17) is 4.74 Å². The number of nitrogens with one attached hydrogen (secondary N) is 1. The average Bonchev–Trinajstić information content (AvgIpc) is 2.06. The van der Waals surface area contributed by atoms with Crippen molar-refractivity contribution in [3.63, 3.8) is 0 Å². The summed E-state index contributed by atoms with van der Waals surface area (Å²) >= 11 is 0. The lowest BCUT2D eigenvalue weighted by atomic mass is 10.5. The van der Waals surface area contributed by atoms with E-state index in [9.17, 15) is 8.42 Å². The first-order valence-corrected chi connectivity index (χ1v) is 5.42. The van der Waals surface area contributed by atoms with Crippen LogP contribution in [0.2, 0.25) is 0 Å². The summed E-state index contributed by atoms with van der Waals surface area (Å²) in [6.45, 7) is 3.29. The normalized spacial score (nSPS) is 26.8. The summed E-state index contributed by atoms with van der Waals surface area (Å²) in [7, 11) is -3.01. The minimum absolute atomic E-state index is 0.152. The highest BCUT2D eigenvalue weighted by atomic mass is 32.2. The van der Waals surface area contributed by atoms with Crippen LogP contribution in [-0.2, 0) is 14.6 Å². The fraction of sp³-hybridized carbons (Fsp3) is 1.00. The number of ether oxygens (including phenoxy) is 1. The van der Waals surface area contributed by atoms with Gasteiger partial charge in [-0.1, -0.05) is 6.92 Å². The van der Waals surface area contributed by atoms with Crippen molar-refractivity contribution in [1.29, 1.82) is 0 Å². The Morgan fingerprint density at radius 2 is 2.36 bits per heavy atom. The molecule has 0 spiro atoms. The van der Waals surface area contributed by atoms with Crippen molar-refractivity contribution < 1.29 is 13.2 Å². The fourth-order valence-corrected chi connectivity index (χ4v) is 2.01. The van der Waals surface area contributed by atoms with Gasteiger partial charge >= 0.3 is 0 Å². The van der Waals surface area contributed by atoms with Crippen molar-refractivity contribution in [2.24, 2.45) is 0 Å². The van der Waals surface area contributed by atoms with Crippen molar-refractivity contribution in [2.45, 2.75) is 12.4 Å². The van der Waals surface area contributed by atoms with Gasteiger partial charge in [-0.15, -0.1) is 0 Å². The summed E-state index contributed by atoms with van der Waals surface area (Å²) in [4.78, 5) is 0. The topological polar surface area (TPSA) is 55.4 Å². The Labute approximate surface area is 66.8 Å². The molecule has 0 aromatic rings. The molecule has 1 aliphatic rings. The van der Waals surface area contributed by atoms with Gasteiger partial charge in [0, 0.05) is 13.1 Å². The molecule has 11 heavy (non-hydrogen) atoms. The molecule has 5 heteroatoms. The highest BCUT2D eigenvalue weighted by Crippen LogP contribution is 2.05. The molecule has 1 saturated heterocycles. The molecule has 66 valence electrons. The molecule has 0 aromatic heterocycles. The van der Waals surface area contributed by atoms with Gasteiger partial charge in [0.2, 0.25) is 0 Å². The molecular weight excluding hydrogens is 166 g/mol. The lowest BCUT2D eigenvalue weighted by molar-refractivity contribution is 0.0786. The predicted octanol–water partition coefficient (Wildman–Crippen LogP) is -0.633. The standard InChI is InChI=1S/C6H13NO3S/c1-2-11(8,9)6-5-7-3-4-10-6/h6-7H,2-5H2,1H3. The van der Waals surface area contributed by atoms with Crippen LogP contribution in [0, 0.1) is 0 Å². The van der Waals surface area contributed by atoms with E-state index < -0.39 is 15.3 Å². The van der Waals surface area contributed by atoms with E-state index in [2.05, 4.69) is 5.32 Å². The summed E-state index contributed by atoms with van der Waals surface area (Å²) in [5.41, 5.74) is -0.624. The van der Waals surface area contributed by atoms with E-state index in [0.717, 1.165) is 6.54 Å². The predicted molar refractivity (Wildman–Crippen MR) is 42.1 cm³/mol. The molecule has 1 fully saturated rings. The number of sulfone groups is 1. The van der Waals surface area contributed by atoms with Crippen LogP contribution >= 0.6 is 0 Å². The van der Waals surface area contributed by atoms with E-state index in [1.807, 2.05) is 0 Å². The highest BCUT2D eigenvalue weighted by molar-refractivity contribution is 7.91.